The fourth-order valence-corrected chi connectivity index (χ4v) is 4.09. The molecule has 10 heteroatoms. The zero-order valence-electron chi connectivity index (χ0n) is 16.8. The summed E-state index contributed by atoms with van der Waals surface area (Å²) in [6, 6.07) is 13.8. The molecule has 0 amide bonds. The van der Waals surface area contributed by atoms with Crippen molar-refractivity contribution < 1.29 is 41.5 Å². The van der Waals surface area contributed by atoms with Gasteiger partial charge in [-0.3, -0.25) is 8.98 Å². The van der Waals surface area contributed by atoms with Gasteiger partial charge in [-0.05, 0) is 31.2 Å². The summed E-state index contributed by atoms with van der Waals surface area (Å²) < 4.78 is 46.5. The Morgan fingerprint density at radius 1 is 1.00 bits per heavy atom. The summed E-state index contributed by atoms with van der Waals surface area (Å²) in [4.78, 5) is 23.9. The lowest BCUT2D eigenvalue weighted by Gasteiger charge is -2.38. The van der Waals surface area contributed by atoms with E-state index in [9.17, 15) is 23.1 Å². The van der Waals surface area contributed by atoms with Crippen LogP contribution in [-0.4, -0.2) is 56.7 Å². The molecule has 0 radical (unpaired) electrons. The Morgan fingerprint density at radius 3 is 2.26 bits per heavy atom. The third kappa shape index (κ3) is 5.67. The number of carbonyl (C=O) groups excluding carboxylic acids is 2. The number of esters is 2. The summed E-state index contributed by atoms with van der Waals surface area (Å²) >= 11 is 0. The Morgan fingerprint density at radius 2 is 1.65 bits per heavy atom. The Kier molecular flexibility index (Phi) is 7.06. The summed E-state index contributed by atoms with van der Waals surface area (Å²) in [6.45, 7) is 2.57. The zero-order chi connectivity index (χ0) is 22.6. The van der Waals surface area contributed by atoms with Gasteiger partial charge in [-0.15, -0.1) is 0 Å². The van der Waals surface area contributed by atoms with Gasteiger partial charge < -0.3 is 19.3 Å². The summed E-state index contributed by atoms with van der Waals surface area (Å²) in [7, 11) is -4.35. The molecule has 3 rings (SSSR count). The molecule has 1 N–H and O–H groups in total. The van der Waals surface area contributed by atoms with Crippen molar-refractivity contribution in [2.75, 3.05) is 6.61 Å². The molecule has 0 spiro atoms. The van der Waals surface area contributed by atoms with Gasteiger partial charge >= 0.3 is 11.9 Å². The van der Waals surface area contributed by atoms with Gasteiger partial charge in [-0.2, -0.15) is 8.42 Å². The molecule has 0 aliphatic carbocycles. The van der Waals surface area contributed by atoms with Crippen LogP contribution in [0.25, 0.3) is 0 Å². The zero-order valence-corrected chi connectivity index (χ0v) is 17.7. The predicted molar refractivity (Wildman–Crippen MR) is 106 cm³/mol. The molecule has 9 nitrogen and oxygen atoms in total. The fourth-order valence-electron chi connectivity index (χ4n) is 2.99. The molecule has 1 fully saturated rings. The number of aliphatic hydroxyl groups excluding tert-OH is 1. The van der Waals surface area contributed by atoms with Crippen molar-refractivity contribution in [1.29, 1.82) is 0 Å². The van der Waals surface area contributed by atoms with Crippen molar-refractivity contribution in [2.45, 2.75) is 43.3 Å². The first-order valence-electron chi connectivity index (χ1n) is 9.40. The first-order chi connectivity index (χ1) is 14.7. The van der Waals surface area contributed by atoms with E-state index < -0.39 is 46.7 Å². The first-order valence-corrected chi connectivity index (χ1v) is 10.8. The van der Waals surface area contributed by atoms with E-state index in [0.29, 0.717) is 0 Å². The lowest BCUT2D eigenvalue weighted by Crippen LogP contribution is -2.57. The molecule has 166 valence electrons. The number of benzene rings is 2. The SMILES string of the molecule is CC(=O)O[C@H]1CO[C@H](O)[C@H](OC(=O)c2ccccc2)[C@H]1OS(=O)(=O)c1ccc(C)cc1. The van der Waals surface area contributed by atoms with E-state index in [1.807, 2.05) is 0 Å². The van der Waals surface area contributed by atoms with Crippen LogP contribution in [-0.2, 0) is 33.3 Å². The van der Waals surface area contributed by atoms with Gasteiger partial charge in [0.25, 0.3) is 10.1 Å². The van der Waals surface area contributed by atoms with Crippen LogP contribution in [0.15, 0.2) is 59.5 Å². The third-order valence-electron chi connectivity index (χ3n) is 4.52. The highest BCUT2D eigenvalue weighted by atomic mass is 32.2. The molecule has 0 unspecified atom stereocenters. The topological polar surface area (TPSA) is 125 Å². The Balaban J connectivity index is 1.91. The predicted octanol–water partition coefficient (Wildman–Crippen LogP) is 1.57. The van der Waals surface area contributed by atoms with Crippen LogP contribution < -0.4 is 0 Å². The number of hydrogen-bond acceptors (Lipinski definition) is 9. The van der Waals surface area contributed by atoms with E-state index in [2.05, 4.69) is 0 Å². The van der Waals surface area contributed by atoms with Crippen molar-refractivity contribution in [2.24, 2.45) is 0 Å². The number of rotatable bonds is 6. The minimum Gasteiger partial charge on any atom is -0.457 e. The van der Waals surface area contributed by atoms with E-state index in [0.717, 1.165) is 12.5 Å². The molecular formula is C21H22O9S. The van der Waals surface area contributed by atoms with Crippen molar-refractivity contribution in [1.82, 2.24) is 0 Å². The van der Waals surface area contributed by atoms with E-state index in [1.165, 1.54) is 24.3 Å². The molecular weight excluding hydrogens is 428 g/mol. The van der Waals surface area contributed by atoms with Gasteiger partial charge in [0, 0.05) is 6.92 Å². The largest absolute Gasteiger partial charge is 0.457 e. The highest BCUT2D eigenvalue weighted by molar-refractivity contribution is 7.86. The highest BCUT2D eigenvalue weighted by Gasteiger charge is 2.47. The summed E-state index contributed by atoms with van der Waals surface area (Å²) in [6.07, 6.45) is -6.05. The quantitative estimate of drug-likeness (QED) is 0.516. The molecule has 0 aromatic heterocycles. The lowest BCUT2D eigenvalue weighted by molar-refractivity contribution is -0.250. The number of aryl methyl sites for hydroxylation is 1. The minimum atomic E-state index is -4.35. The van der Waals surface area contributed by atoms with Crippen LogP contribution in [0.2, 0.25) is 0 Å². The van der Waals surface area contributed by atoms with Crippen molar-refractivity contribution in [3.63, 3.8) is 0 Å². The van der Waals surface area contributed by atoms with E-state index in [1.54, 1.807) is 37.3 Å². The Hall–Kier alpha value is -2.79. The average molecular weight is 450 g/mol. The minimum absolute atomic E-state index is 0.145. The average Bonchev–Trinajstić information content (AvgIpc) is 2.73. The molecule has 0 saturated carbocycles. The Bertz CT molecular complexity index is 1020. The second-order valence-corrected chi connectivity index (χ2v) is 8.51. The first kappa shape index (κ1) is 22.9. The normalized spacial score (nSPS) is 23.7. The van der Waals surface area contributed by atoms with Gasteiger partial charge in [0.05, 0.1) is 17.1 Å². The van der Waals surface area contributed by atoms with Gasteiger partial charge in [0.2, 0.25) is 0 Å². The second kappa shape index (κ2) is 9.56. The van der Waals surface area contributed by atoms with Crippen LogP contribution >= 0.6 is 0 Å². The van der Waals surface area contributed by atoms with Crippen molar-refractivity contribution in [3.05, 3.63) is 65.7 Å². The molecule has 1 saturated heterocycles. The van der Waals surface area contributed by atoms with Crippen LogP contribution in [0.5, 0.6) is 0 Å². The van der Waals surface area contributed by atoms with Crippen LogP contribution in [0, 0.1) is 6.92 Å². The second-order valence-electron chi connectivity index (χ2n) is 6.94. The standard InChI is InChI=1S/C21H22O9S/c1-13-8-10-16(11-9-13)31(25,26)30-18-17(28-14(2)22)12-27-21(24)19(18)29-20(23)15-6-4-3-5-7-15/h3-11,17-19,21,24H,12H2,1-2H3/t17-,18-,19+,21-/m0/s1. The van der Waals surface area contributed by atoms with E-state index >= 15 is 0 Å². The van der Waals surface area contributed by atoms with Gasteiger partial charge in [0.1, 0.15) is 0 Å². The maximum Gasteiger partial charge on any atom is 0.338 e. The molecule has 31 heavy (non-hydrogen) atoms. The molecule has 4 atom stereocenters. The summed E-state index contributed by atoms with van der Waals surface area (Å²) in [5.41, 5.74) is 1.01. The molecule has 1 aliphatic heterocycles. The fraction of sp³-hybridized carbons (Fsp3) is 0.333. The number of carbonyl (C=O) groups is 2. The molecule has 2 aromatic rings. The third-order valence-corrected chi connectivity index (χ3v) is 5.85. The van der Waals surface area contributed by atoms with Gasteiger partial charge in [-0.1, -0.05) is 35.9 Å². The monoisotopic (exact) mass is 450 g/mol. The summed E-state index contributed by atoms with van der Waals surface area (Å²) in [5, 5.41) is 10.3. The molecule has 1 heterocycles. The maximum atomic E-state index is 12.8. The highest BCUT2D eigenvalue weighted by Crippen LogP contribution is 2.27. The number of hydrogen-bond donors (Lipinski definition) is 1. The van der Waals surface area contributed by atoms with Crippen molar-refractivity contribution in [3.8, 4) is 0 Å². The van der Waals surface area contributed by atoms with Gasteiger partial charge in [-0.25, -0.2) is 4.79 Å². The van der Waals surface area contributed by atoms with Gasteiger partial charge in [0.15, 0.2) is 24.6 Å². The smallest absolute Gasteiger partial charge is 0.338 e. The molecule has 1 aliphatic rings. The number of ether oxygens (including phenoxy) is 3. The van der Waals surface area contributed by atoms with E-state index in [4.69, 9.17) is 18.4 Å². The Labute approximate surface area is 179 Å². The molecule has 0 bridgehead atoms. The number of aliphatic hydroxyl groups is 1. The van der Waals surface area contributed by atoms with Crippen LogP contribution in [0.3, 0.4) is 0 Å². The summed E-state index contributed by atoms with van der Waals surface area (Å²) in [5.74, 6) is -1.56. The lowest BCUT2D eigenvalue weighted by atomic mass is 10.0. The van der Waals surface area contributed by atoms with Crippen LogP contribution in [0.4, 0.5) is 0 Å². The van der Waals surface area contributed by atoms with E-state index in [-0.39, 0.29) is 17.1 Å². The van der Waals surface area contributed by atoms with Crippen LogP contribution in [0.1, 0.15) is 22.8 Å². The maximum absolute atomic E-state index is 12.8. The molecule has 2 aromatic carbocycles. The van der Waals surface area contributed by atoms with Crippen molar-refractivity contribution >= 4 is 22.1 Å².